The summed E-state index contributed by atoms with van der Waals surface area (Å²) in [6.45, 7) is 2.29. The molecule has 0 aliphatic carbocycles. The highest BCUT2D eigenvalue weighted by atomic mass is 16.5. The molecule has 1 heterocycles. The Morgan fingerprint density at radius 3 is 2.64 bits per heavy atom. The second-order valence-corrected chi connectivity index (χ2v) is 3.82. The lowest BCUT2D eigenvalue weighted by molar-refractivity contribution is 0.413. The third kappa shape index (κ3) is 2.07. The molecule has 1 atom stereocenters. The lowest BCUT2D eigenvalue weighted by Crippen LogP contribution is -2.28. The maximum absolute atomic E-state index is 5.14. The summed E-state index contributed by atoms with van der Waals surface area (Å²) in [6.07, 6.45) is 2.59. The maximum atomic E-state index is 5.14. The van der Waals surface area contributed by atoms with Gasteiger partial charge in [0.15, 0.2) is 0 Å². The van der Waals surface area contributed by atoms with Gasteiger partial charge in [-0.25, -0.2) is 0 Å². The first-order chi connectivity index (χ1) is 6.90. The molecule has 0 saturated carbocycles. The van der Waals surface area contributed by atoms with E-state index < -0.39 is 0 Å². The number of nitrogens with one attached hydrogen (secondary N) is 1. The molecule has 1 fully saturated rings. The standard InChI is InChI=1S/C12H17NO/c1-14-12-6-4-10(5-7-12)11-3-2-8-13-9-11/h4-7,11,13H,2-3,8-9H2,1H3/t11-/m1/s1. The van der Waals surface area contributed by atoms with E-state index in [-0.39, 0.29) is 0 Å². The Morgan fingerprint density at radius 1 is 1.29 bits per heavy atom. The molecule has 2 nitrogen and oxygen atoms in total. The number of hydrogen-bond donors (Lipinski definition) is 1. The Kier molecular flexibility index (Phi) is 3.04. The topological polar surface area (TPSA) is 21.3 Å². The lowest BCUT2D eigenvalue weighted by atomic mass is 9.92. The van der Waals surface area contributed by atoms with Crippen LogP contribution in [0.3, 0.4) is 0 Å². The van der Waals surface area contributed by atoms with Gasteiger partial charge in [-0.2, -0.15) is 0 Å². The first-order valence-corrected chi connectivity index (χ1v) is 5.25. The summed E-state index contributed by atoms with van der Waals surface area (Å²) in [7, 11) is 1.71. The summed E-state index contributed by atoms with van der Waals surface area (Å²) in [5, 5.41) is 3.43. The summed E-state index contributed by atoms with van der Waals surface area (Å²) in [6, 6.07) is 8.45. The molecule has 0 amide bonds. The van der Waals surface area contributed by atoms with Gasteiger partial charge in [0.2, 0.25) is 0 Å². The molecule has 1 aliphatic rings. The summed E-state index contributed by atoms with van der Waals surface area (Å²) < 4.78 is 5.14. The monoisotopic (exact) mass is 191 g/mol. The molecule has 0 spiro atoms. The van der Waals surface area contributed by atoms with Crippen molar-refractivity contribution in [2.24, 2.45) is 0 Å². The van der Waals surface area contributed by atoms with Crippen LogP contribution in [-0.2, 0) is 0 Å². The van der Waals surface area contributed by atoms with Gasteiger partial charge in [-0.3, -0.25) is 0 Å². The van der Waals surface area contributed by atoms with Gasteiger partial charge in [-0.1, -0.05) is 12.1 Å². The maximum Gasteiger partial charge on any atom is 0.118 e. The predicted octanol–water partition coefficient (Wildman–Crippen LogP) is 2.16. The molecule has 0 bridgehead atoms. The second kappa shape index (κ2) is 4.47. The zero-order chi connectivity index (χ0) is 9.80. The smallest absolute Gasteiger partial charge is 0.118 e. The van der Waals surface area contributed by atoms with Crippen molar-refractivity contribution in [3.63, 3.8) is 0 Å². The summed E-state index contributed by atoms with van der Waals surface area (Å²) in [4.78, 5) is 0. The van der Waals surface area contributed by atoms with Crippen LogP contribution in [0.5, 0.6) is 5.75 Å². The van der Waals surface area contributed by atoms with E-state index in [4.69, 9.17) is 4.74 Å². The SMILES string of the molecule is COc1ccc([C@@H]2CCCNC2)cc1. The van der Waals surface area contributed by atoms with E-state index in [1.807, 2.05) is 12.1 Å². The molecular weight excluding hydrogens is 174 g/mol. The van der Waals surface area contributed by atoms with Crippen molar-refractivity contribution in [2.75, 3.05) is 20.2 Å². The number of rotatable bonds is 2. The third-order valence-corrected chi connectivity index (χ3v) is 2.88. The molecule has 1 N–H and O–H groups in total. The van der Waals surface area contributed by atoms with Crippen LogP contribution in [0, 0.1) is 0 Å². The van der Waals surface area contributed by atoms with Crippen LogP contribution in [0.2, 0.25) is 0 Å². The predicted molar refractivity (Wildman–Crippen MR) is 57.8 cm³/mol. The molecule has 1 saturated heterocycles. The number of ether oxygens (including phenoxy) is 1. The van der Waals surface area contributed by atoms with Gasteiger partial charge in [0, 0.05) is 6.54 Å². The van der Waals surface area contributed by atoms with Crippen molar-refractivity contribution in [1.82, 2.24) is 5.32 Å². The van der Waals surface area contributed by atoms with Crippen LogP contribution in [0.25, 0.3) is 0 Å². The van der Waals surface area contributed by atoms with Crippen LogP contribution in [0.1, 0.15) is 24.3 Å². The van der Waals surface area contributed by atoms with Crippen molar-refractivity contribution in [3.8, 4) is 5.75 Å². The average molecular weight is 191 g/mol. The van der Waals surface area contributed by atoms with Gasteiger partial charge in [0.25, 0.3) is 0 Å². The van der Waals surface area contributed by atoms with E-state index >= 15 is 0 Å². The van der Waals surface area contributed by atoms with E-state index in [0.717, 1.165) is 12.3 Å². The Hall–Kier alpha value is -1.02. The molecule has 1 aromatic rings. The average Bonchev–Trinajstić information content (AvgIpc) is 2.30. The van der Waals surface area contributed by atoms with Crippen LogP contribution in [-0.4, -0.2) is 20.2 Å². The van der Waals surface area contributed by atoms with Gasteiger partial charge in [0.05, 0.1) is 7.11 Å². The van der Waals surface area contributed by atoms with Gasteiger partial charge >= 0.3 is 0 Å². The zero-order valence-electron chi connectivity index (χ0n) is 8.62. The highest BCUT2D eigenvalue weighted by molar-refractivity contribution is 5.29. The van der Waals surface area contributed by atoms with Crippen LogP contribution < -0.4 is 10.1 Å². The number of piperidine rings is 1. The van der Waals surface area contributed by atoms with Crippen molar-refractivity contribution < 1.29 is 4.74 Å². The molecule has 1 aromatic carbocycles. The van der Waals surface area contributed by atoms with Crippen LogP contribution in [0.15, 0.2) is 24.3 Å². The third-order valence-electron chi connectivity index (χ3n) is 2.88. The molecule has 0 radical (unpaired) electrons. The highest BCUT2D eigenvalue weighted by Crippen LogP contribution is 2.24. The minimum Gasteiger partial charge on any atom is -0.497 e. The minimum atomic E-state index is 0.689. The van der Waals surface area contributed by atoms with Crippen molar-refractivity contribution in [2.45, 2.75) is 18.8 Å². The van der Waals surface area contributed by atoms with Gasteiger partial charge in [0.1, 0.15) is 5.75 Å². The van der Waals surface area contributed by atoms with Crippen molar-refractivity contribution in [3.05, 3.63) is 29.8 Å². The lowest BCUT2D eigenvalue weighted by Gasteiger charge is -2.23. The largest absolute Gasteiger partial charge is 0.497 e. The molecule has 76 valence electrons. The van der Waals surface area contributed by atoms with Gasteiger partial charge in [-0.05, 0) is 43.0 Å². The number of hydrogen-bond acceptors (Lipinski definition) is 2. The van der Waals surface area contributed by atoms with E-state index in [9.17, 15) is 0 Å². The Labute approximate surface area is 85.3 Å². The molecule has 2 rings (SSSR count). The van der Waals surface area contributed by atoms with Gasteiger partial charge in [-0.15, -0.1) is 0 Å². The summed E-state index contributed by atoms with van der Waals surface area (Å²) >= 11 is 0. The zero-order valence-corrected chi connectivity index (χ0v) is 8.62. The number of benzene rings is 1. The molecular formula is C12H17NO. The van der Waals surface area contributed by atoms with E-state index in [1.165, 1.54) is 24.9 Å². The molecule has 14 heavy (non-hydrogen) atoms. The van der Waals surface area contributed by atoms with Crippen LogP contribution >= 0.6 is 0 Å². The van der Waals surface area contributed by atoms with Crippen molar-refractivity contribution >= 4 is 0 Å². The van der Waals surface area contributed by atoms with Crippen molar-refractivity contribution in [1.29, 1.82) is 0 Å². The second-order valence-electron chi connectivity index (χ2n) is 3.82. The van der Waals surface area contributed by atoms with E-state index in [0.29, 0.717) is 5.92 Å². The van der Waals surface area contributed by atoms with E-state index in [1.54, 1.807) is 7.11 Å². The quantitative estimate of drug-likeness (QED) is 0.773. The minimum absolute atomic E-state index is 0.689. The Morgan fingerprint density at radius 2 is 2.07 bits per heavy atom. The molecule has 2 heteroatoms. The molecule has 0 aromatic heterocycles. The van der Waals surface area contributed by atoms with Gasteiger partial charge < -0.3 is 10.1 Å². The normalized spacial score (nSPS) is 21.9. The van der Waals surface area contributed by atoms with Crippen LogP contribution in [0.4, 0.5) is 0 Å². The molecule has 0 unspecified atom stereocenters. The fourth-order valence-corrected chi connectivity index (χ4v) is 2.01. The van der Waals surface area contributed by atoms with E-state index in [2.05, 4.69) is 17.4 Å². The molecule has 1 aliphatic heterocycles. The highest BCUT2D eigenvalue weighted by Gasteiger charge is 2.14. The fraction of sp³-hybridized carbons (Fsp3) is 0.500. The fourth-order valence-electron chi connectivity index (χ4n) is 2.01. The summed E-state index contributed by atoms with van der Waals surface area (Å²) in [5.74, 6) is 1.63. The first kappa shape index (κ1) is 9.53. The Bertz CT molecular complexity index is 275. The Balaban J connectivity index is 2.07. The first-order valence-electron chi connectivity index (χ1n) is 5.25. The summed E-state index contributed by atoms with van der Waals surface area (Å²) in [5.41, 5.74) is 1.43. The number of methoxy groups -OCH3 is 1.